The van der Waals surface area contributed by atoms with Crippen LogP contribution in [0.2, 0.25) is 5.02 Å². The molecule has 136 valence electrons. The van der Waals surface area contributed by atoms with Gasteiger partial charge < -0.3 is 0 Å². The maximum absolute atomic E-state index is 12.9. The van der Waals surface area contributed by atoms with Crippen LogP contribution in [0.1, 0.15) is 22.5 Å². The molecule has 0 aliphatic heterocycles. The number of hydrogen-bond donors (Lipinski definition) is 1. The van der Waals surface area contributed by atoms with Gasteiger partial charge in [-0.05, 0) is 56.2 Å². The van der Waals surface area contributed by atoms with Crippen molar-refractivity contribution < 1.29 is 8.42 Å². The molecular formula is C19H20ClN3O2S. The minimum atomic E-state index is -3.69. The quantitative estimate of drug-likeness (QED) is 0.719. The second-order valence-corrected chi connectivity index (χ2v) is 8.28. The number of sulfonamides is 1. The molecule has 1 heterocycles. The Morgan fingerprint density at radius 1 is 1.04 bits per heavy atom. The smallest absolute Gasteiger partial charge is 0.236 e. The van der Waals surface area contributed by atoms with E-state index in [4.69, 9.17) is 11.6 Å². The van der Waals surface area contributed by atoms with Crippen molar-refractivity contribution in [2.24, 2.45) is 0 Å². The maximum Gasteiger partial charge on any atom is 0.244 e. The van der Waals surface area contributed by atoms with Crippen molar-refractivity contribution in [3.05, 3.63) is 76.1 Å². The first-order chi connectivity index (χ1) is 12.3. The molecule has 0 atom stereocenters. The number of rotatable bonds is 5. The van der Waals surface area contributed by atoms with Crippen LogP contribution in [0.3, 0.4) is 0 Å². The van der Waals surface area contributed by atoms with E-state index in [0.29, 0.717) is 16.4 Å². The molecule has 0 amide bonds. The van der Waals surface area contributed by atoms with Crippen LogP contribution in [-0.2, 0) is 16.6 Å². The number of aryl methyl sites for hydroxylation is 2. The Hall–Kier alpha value is -2.15. The second-order valence-electron chi connectivity index (χ2n) is 6.14. The molecule has 0 spiro atoms. The van der Waals surface area contributed by atoms with Crippen molar-refractivity contribution in [3.63, 3.8) is 0 Å². The lowest BCUT2D eigenvalue weighted by atomic mass is 10.1. The Balaban J connectivity index is 1.93. The third kappa shape index (κ3) is 3.67. The molecule has 3 aromatic rings. The average molecular weight is 390 g/mol. The fourth-order valence-electron chi connectivity index (χ4n) is 2.90. The molecule has 0 unspecified atom stereocenters. The van der Waals surface area contributed by atoms with Crippen LogP contribution in [0.25, 0.3) is 5.69 Å². The van der Waals surface area contributed by atoms with Crippen molar-refractivity contribution in [1.82, 2.24) is 14.5 Å². The summed E-state index contributed by atoms with van der Waals surface area (Å²) in [6.07, 6.45) is 0. The highest BCUT2D eigenvalue weighted by Gasteiger charge is 2.25. The normalized spacial score (nSPS) is 11.7. The van der Waals surface area contributed by atoms with Gasteiger partial charge in [-0.3, -0.25) is 0 Å². The lowest BCUT2D eigenvalue weighted by Gasteiger charge is -2.10. The van der Waals surface area contributed by atoms with E-state index >= 15 is 0 Å². The van der Waals surface area contributed by atoms with Crippen LogP contribution in [0.4, 0.5) is 0 Å². The molecule has 0 aliphatic carbocycles. The highest BCUT2D eigenvalue weighted by molar-refractivity contribution is 7.89. The summed E-state index contributed by atoms with van der Waals surface area (Å²) in [5.74, 6) is 0. The first kappa shape index (κ1) is 18.6. The molecule has 3 rings (SSSR count). The second kappa shape index (κ2) is 7.23. The van der Waals surface area contributed by atoms with Crippen molar-refractivity contribution in [2.75, 3.05) is 0 Å². The van der Waals surface area contributed by atoms with E-state index in [-0.39, 0.29) is 11.4 Å². The zero-order chi connectivity index (χ0) is 18.9. The molecule has 5 nitrogen and oxygen atoms in total. The molecule has 2 aromatic carbocycles. The summed E-state index contributed by atoms with van der Waals surface area (Å²) < 4.78 is 30.0. The fourth-order valence-corrected chi connectivity index (χ4v) is 4.43. The minimum Gasteiger partial charge on any atom is -0.236 e. The van der Waals surface area contributed by atoms with E-state index < -0.39 is 10.0 Å². The number of benzene rings is 2. The van der Waals surface area contributed by atoms with Crippen molar-refractivity contribution in [3.8, 4) is 5.69 Å². The highest BCUT2D eigenvalue weighted by Crippen LogP contribution is 2.23. The van der Waals surface area contributed by atoms with Crippen molar-refractivity contribution in [1.29, 1.82) is 0 Å². The van der Waals surface area contributed by atoms with E-state index in [9.17, 15) is 8.42 Å². The molecule has 1 aromatic heterocycles. The first-order valence-electron chi connectivity index (χ1n) is 8.16. The van der Waals surface area contributed by atoms with Gasteiger partial charge in [-0.1, -0.05) is 35.9 Å². The Morgan fingerprint density at radius 3 is 2.35 bits per heavy atom. The number of nitrogens with zero attached hydrogens (tertiary/aromatic N) is 2. The predicted molar refractivity (Wildman–Crippen MR) is 103 cm³/mol. The van der Waals surface area contributed by atoms with Gasteiger partial charge in [0.2, 0.25) is 10.0 Å². The molecule has 26 heavy (non-hydrogen) atoms. The third-order valence-electron chi connectivity index (χ3n) is 4.28. The molecule has 0 fully saturated rings. The zero-order valence-electron chi connectivity index (χ0n) is 14.8. The summed E-state index contributed by atoms with van der Waals surface area (Å²) in [6, 6.07) is 14.8. The van der Waals surface area contributed by atoms with Gasteiger partial charge in [-0.25, -0.2) is 17.8 Å². The van der Waals surface area contributed by atoms with Crippen LogP contribution >= 0.6 is 11.6 Å². The molecule has 0 aliphatic rings. The van der Waals surface area contributed by atoms with Gasteiger partial charge in [-0.15, -0.1) is 0 Å². The van der Waals surface area contributed by atoms with Crippen LogP contribution in [-0.4, -0.2) is 18.2 Å². The van der Waals surface area contributed by atoms with Gasteiger partial charge >= 0.3 is 0 Å². The summed E-state index contributed by atoms with van der Waals surface area (Å²) >= 11 is 5.92. The SMILES string of the molecule is Cc1ccccc1CNS(=O)(=O)c1c(C)nn(-c2ccc(Cl)cc2)c1C. The van der Waals surface area contributed by atoms with E-state index in [0.717, 1.165) is 16.8 Å². The average Bonchev–Trinajstić information content (AvgIpc) is 2.90. The lowest BCUT2D eigenvalue weighted by molar-refractivity contribution is 0.580. The minimum absolute atomic E-state index is 0.209. The molecule has 7 heteroatoms. The molecule has 0 bridgehead atoms. The van der Waals surface area contributed by atoms with Gasteiger partial charge in [0.25, 0.3) is 0 Å². The number of halogens is 1. The van der Waals surface area contributed by atoms with Gasteiger partial charge in [0.15, 0.2) is 0 Å². The van der Waals surface area contributed by atoms with Crippen molar-refractivity contribution >= 4 is 21.6 Å². The van der Waals surface area contributed by atoms with Crippen LogP contribution in [0.5, 0.6) is 0 Å². The largest absolute Gasteiger partial charge is 0.244 e. The highest BCUT2D eigenvalue weighted by atomic mass is 35.5. The maximum atomic E-state index is 12.9. The molecule has 0 saturated heterocycles. The predicted octanol–water partition coefficient (Wildman–Crippen LogP) is 3.93. The number of hydrogen-bond acceptors (Lipinski definition) is 3. The Bertz CT molecular complexity index is 1040. The molecule has 1 N–H and O–H groups in total. The van der Waals surface area contributed by atoms with Gasteiger partial charge in [0.1, 0.15) is 4.90 Å². The fraction of sp³-hybridized carbons (Fsp3) is 0.211. The molecular weight excluding hydrogens is 370 g/mol. The zero-order valence-corrected chi connectivity index (χ0v) is 16.4. The van der Waals surface area contributed by atoms with Crippen LogP contribution < -0.4 is 4.72 Å². The topological polar surface area (TPSA) is 64.0 Å². The van der Waals surface area contributed by atoms with E-state index in [1.54, 1.807) is 42.8 Å². The van der Waals surface area contributed by atoms with E-state index in [1.165, 1.54) is 0 Å². The summed E-state index contributed by atoms with van der Waals surface area (Å²) in [5.41, 5.74) is 3.75. The van der Waals surface area contributed by atoms with Crippen LogP contribution in [0, 0.1) is 20.8 Å². The van der Waals surface area contributed by atoms with Gasteiger partial charge in [0, 0.05) is 11.6 Å². The Kier molecular flexibility index (Phi) is 5.18. The van der Waals surface area contributed by atoms with E-state index in [1.807, 2.05) is 31.2 Å². The third-order valence-corrected chi connectivity index (χ3v) is 6.18. The lowest BCUT2D eigenvalue weighted by Crippen LogP contribution is -2.24. The van der Waals surface area contributed by atoms with Crippen molar-refractivity contribution in [2.45, 2.75) is 32.2 Å². The number of aromatic nitrogens is 2. The summed E-state index contributed by atoms with van der Waals surface area (Å²) in [5, 5.41) is 5.02. The monoisotopic (exact) mass is 389 g/mol. The standard InChI is InChI=1S/C19H20ClN3O2S/c1-13-6-4-5-7-16(13)12-21-26(24,25)19-14(2)22-23(15(19)3)18-10-8-17(20)9-11-18/h4-11,21H,12H2,1-3H3. The Labute approximate surface area is 158 Å². The molecule has 0 saturated carbocycles. The van der Waals surface area contributed by atoms with Gasteiger partial charge in [-0.2, -0.15) is 5.10 Å². The summed E-state index contributed by atoms with van der Waals surface area (Å²) in [6.45, 7) is 5.64. The molecule has 0 radical (unpaired) electrons. The first-order valence-corrected chi connectivity index (χ1v) is 10.0. The van der Waals surface area contributed by atoms with Gasteiger partial charge in [0.05, 0.1) is 17.1 Å². The Morgan fingerprint density at radius 2 is 1.69 bits per heavy atom. The summed E-state index contributed by atoms with van der Waals surface area (Å²) in [7, 11) is -3.69. The van der Waals surface area contributed by atoms with E-state index in [2.05, 4.69) is 9.82 Å². The van der Waals surface area contributed by atoms with Crippen LogP contribution in [0.15, 0.2) is 53.4 Å². The number of nitrogens with one attached hydrogen (secondary N) is 1. The summed E-state index contributed by atoms with van der Waals surface area (Å²) in [4.78, 5) is 0.209.